The predicted molar refractivity (Wildman–Crippen MR) is 166 cm³/mol. The second-order valence-electron chi connectivity index (χ2n) is 10.9. The molecule has 0 fully saturated rings. The monoisotopic (exact) mass is 672 g/mol. The zero-order chi connectivity index (χ0) is 34.1. The van der Waals surface area contributed by atoms with Gasteiger partial charge in [0.25, 0.3) is 10.0 Å². The van der Waals surface area contributed by atoms with Crippen LogP contribution in [-0.4, -0.2) is 35.3 Å². The molecule has 5 N–H and O–H groups in total. The lowest BCUT2D eigenvalue weighted by atomic mass is 9.94. The van der Waals surface area contributed by atoms with Crippen molar-refractivity contribution in [3.63, 3.8) is 0 Å². The van der Waals surface area contributed by atoms with Gasteiger partial charge in [-0.05, 0) is 66.8 Å². The molecule has 2 atom stereocenters. The van der Waals surface area contributed by atoms with E-state index in [9.17, 15) is 31.5 Å². The molecule has 47 heavy (non-hydrogen) atoms. The number of aryl methyl sites for hydroxylation is 1. The molecule has 3 aromatic carbocycles. The molecule has 2 aromatic heterocycles. The Morgan fingerprint density at radius 2 is 1.72 bits per heavy atom. The number of alkyl halides is 3. The Morgan fingerprint density at radius 3 is 2.36 bits per heavy atom. The van der Waals surface area contributed by atoms with Gasteiger partial charge in [0.1, 0.15) is 17.6 Å². The van der Waals surface area contributed by atoms with E-state index in [2.05, 4.69) is 9.97 Å². The molecule has 0 saturated carbocycles. The zero-order valence-electron chi connectivity index (χ0n) is 24.8. The van der Waals surface area contributed by atoms with E-state index < -0.39 is 61.4 Å². The fraction of sp³-hybridized carbons (Fsp3) is 0.212. The van der Waals surface area contributed by atoms with E-state index in [1.54, 1.807) is 18.3 Å². The van der Waals surface area contributed by atoms with Crippen LogP contribution in [-0.2, 0) is 22.6 Å². The van der Waals surface area contributed by atoms with Crippen molar-refractivity contribution < 1.29 is 40.3 Å². The summed E-state index contributed by atoms with van der Waals surface area (Å²) in [5.41, 5.74) is 3.70. The number of aromatic nitrogens is 2. The van der Waals surface area contributed by atoms with E-state index in [1.807, 2.05) is 11.6 Å². The zero-order valence-corrected chi connectivity index (χ0v) is 25.6. The number of hydrogen-bond acceptors (Lipinski definition) is 6. The van der Waals surface area contributed by atoms with Gasteiger partial charge in [-0.15, -0.1) is 0 Å². The smallest absolute Gasteiger partial charge is 0.380 e. The van der Waals surface area contributed by atoms with Crippen LogP contribution in [0.4, 0.5) is 27.6 Å². The third-order valence-electron chi connectivity index (χ3n) is 7.76. The summed E-state index contributed by atoms with van der Waals surface area (Å²) < 4.78 is 100. The van der Waals surface area contributed by atoms with Crippen LogP contribution in [0.25, 0.3) is 22.2 Å². The van der Waals surface area contributed by atoms with Gasteiger partial charge in [0.15, 0.2) is 5.82 Å². The number of sulfonamides is 1. The second-order valence-corrected chi connectivity index (χ2v) is 12.6. The van der Waals surface area contributed by atoms with Crippen molar-refractivity contribution in [3.8, 4) is 11.1 Å². The number of benzene rings is 3. The van der Waals surface area contributed by atoms with Crippen LogP contribution in [0.5, 0.6) is 0 Å². The molecule has 0 spiro atoms. The minimum atomic E-state index is -4.82. The number of anilines is 1. The fourth-order valence-corrected chi connectivity index (χ4v) is 6.14. The van der Waals surface area contributed by atoms with E-state index in [0.29, 0.717) is 48.1 Å². The number of H-pyrrole nitrogens is 1. The first-order valence-corrected chi connectivity index (χ1v) is 15.9. The third kappa shape index (κ3) is 7.04. The van der Waals surface area contributed by atoms with Crippen molar-refractivity contribution in [1.82, 2.24) is 9.97 Å². The molecule has 0 aliphatic rings. The SMILES string of the molecule is CCC(N)CCc1cnc2[nH]cc(-c3cc(F)c(C(=O)C(O)c4ccccc4)c(F)c3NS(=O)(=O)c3ccc(C(F)(F)F)cc3)c2c1. The molecular weight excluding hydrogens is 643 g/mol. The second kappa shape index (κ2) is 13.2. The number of pyridine rings is 1. The van der Waals surface area contributed by atoms with Crippen LogP contribution in [0.2, 0.25) is 0 Å². The number of nitrogens with two attached hydrogens (primary N) is 1. The van der Waals surface area contributed by atoms with Crippen molar-refractivity contribution in [2.75, 3.05) is 4.72 Å². The Labute approximate surface area is 266 Å². The minimum absolute atomic E-state index is 0.0327. The summed E-state index contributed by atoms with van der Waals surface area (Å²) in [6.07, 6.45) is -1.88. The van der Waals surface area contributed by atoms with E-state index in [0.717, 1.165) is 18.1 Å². The van der Waals surface area contributed by atoms with Gasteiger partial charge in [-0.1, -0.05) is 37.3 Å². The molecule has 0 aliphatic heterocycles. The van der Waals surface area contributed by atoms with Crippen LogP contribution >= 0.6 is 0 Å². The fourth-order valence-electron chi connectivity index (χ4n) is 5.06. The average Bonchev–Trinajstić information content (AvgIpc) is 3.47. The highest BCUT2D eigenvalue weighted by molar-refractivity contribution is 7.92. The standard InChI is InChI=1S/C33H29F5N4O4S/c1-2-21(39)11-8-18-14-24-25(17-41-32(24)40-16-18)23-15-26(34)27(31(44)30(43)19-6-4-3-5-7-19)28(35)29(23)42-47(45,46)22-12-9-20(10-13-22)33(36,37)38/h3-7,9-10,12-17,21,30,42-43H,2,8,11,39H2,1H3,(H,40,41). The number of aliphatic hydroxyl groups excluding tert-OH is 1. The lowest BCUT2D eigenvalue weighted by Crippen LogP contribution is -2.20. The van der Waals surface area contributed by atoms with E-state index in [1.165, 1.54) is 30.5 Å². The van der Waals surface area contributed by atoms with Gasteiger partial charge in [-0.25, -0.2) is 22.2 Å². The molecule has 0 amide bonds. The van der Waals surface area contributed by atoms with Crippen molar-refractivity contribution in [2.24, 2.45) is 5.73 Å². The maximum absolute atomic E-state index is 16.4. The van der Waals surface area contributed by atoms with Gasteiger partial charge in [-0.2, -0.15) is 13.2 Å². The predicted octanol–water partition coefficient (Wildman–Crippen LogP) is 6.91. The Balaban J connectivity index is 1.66. The normalized spacial score (nSPS) is 13.4. The van der Waals surface area contributed by atoms with Gasteiger partial charge in [0.2, 0.25) is 5.78 Å². The van der Waals surface area contributed by atoms with Gasteiger partial charge in [-0.3, -0.25) is 9.52 Å². The third-order valence-corrected chi connectivity index (χ3v) is 9.13. The first-order chi connectivity index (χ1) is 22.2. The highest BCUT2D eigenvalue weighted by Gasteiger charge is 2.33. The number of hydrogen-bond donors (Lipinski definition) is 4. The van der Waals surface area contributed by atoms with Crippen LogP contribution in [0, 0.1) is 11.6 Å². The number of Topliss-reactive ketones (excluding diaryl/α,β-unsaturated/α-hetero) is 1. The van der Waals surface area contributed by atoms with Crippen molar-refractivity contribution in [2.45, 2.75) is 49.4 Å². The number of rotatable bonds is 11. The first kappa shape index (κ1) is 33.7. The lowest BCUT2D eigenvalue weighted by molar-refractivity contribution is -0.137. The molecule has 5 rings (SSSR count). The molecule has 2 heterocycles. The van der Waals surface area contributed by atoms with Crippen LogP contribution in [0.1, 0.15) is 52.9 Å². The molecular formula is C33H29F5N4O4S. The van der Waals surface area contributed by atoms with E-state index >= 15 is 8.78 Å². The average molecular weight is 673 g/mol. The van der Waals surface area contributed by atoms with Crippen LogP contribution < -0.4 is 10.5 Å². The quantitative estimate of drug-likeness (QED) is 0.0889. The molecule has 14 heteroatoms. The van der Waals surface area contributed by atoms with Crippen molar-refractivity contribution in [3.05, 3.63) is 113 Å². The number of ketones is 1. The van der Waals surface area contributed by atoms with Gasteiger partial charge in [0, 0.05) is 34.9 Å². The summed E-state index contributed by atoms with van der Waals surface area (Å²) in [7, 11) is -4.82. The Hall–Kier alpha value is -4.66. The molecule has 0 saturated heterocycles. The summed E-state index contributed by atoms with van der Waals surface area (Å²) in [6, 6.07) is 12.2. The number of carbonyl (C=O) groups is 1. The Morgan fingerprint density at radius 1 is 1.04 bits per heavy atom. The number of aliphatic hydroxyl groups is 1. The molecule has 0 aliphatic carbocycles. The number of carbonyl (C=O) groups excluding carboxylic acids is 1. The number of nitrogens with one attached hydrogen (secondary N) is 2. The largest absolute Gasteiger partial charge is 0.416 e. The minimum Gasteiger partial charge on any atom is -0.380 e. The number of fused-ring (bicyclic) bond motifs is 1. The first-order valence-electron chi connectivity index (χ1n) is 14.4. The van der Waals surface area contributed by atoms with Crippen molar-refractivity contribution in [1.29, 1.82) is 0 Å². The van der Waals surface area contributed by atoms with E-state index in [-0.39, 0.29) is 22.7 Å². The highest BCUT2D eigenvalue weighted by Crippen LogP contribution is 2.40. The maximum Gasteiger partial charge on any atom is 0.416 e. The lowest BCUT2D eigenvalue weighted by Gasteiger charge is -2.18. The highest BCUT2D eigenvalue weighted by atomic mass is 32.2. The molecule has 0 bridgehead atoms. The summed E-state index contributed by atoms with van der Waals surface area (Å²) in [5, 5.41) is 11.0. The summed E-state index contributed by atoms with van der Waals surface area (Å²) >= 11 is 0. The van der Waals surface area contributed by atoms with Gasteiger partial charge in [0.05, 0.1) is 21.7 Å². The molecule has 5 aromatic rings. The maximum atomic E-state index is 16.4. The molecule has 0 radical (unpaired) electrons. The van der Waals surface area contributed by atoms with Gasteiger partial charge >= 0.3 is 6.18 Å². The number of nitrogens with zero attached hydrogens (tertiary/aromatic N) is 1. The van der Waals surface area contributed by atoms with Gasteiger partial charge < -0.3 is 15.8 Å². The molecule has 246 valence electrons. The van der Waals surface area contributed by atoms with Crippen LogP contribution in [0.15, 0.2) is 84.0 Å². The Bertz CT molecular complexity index is 2030. The molecule has 2 unspecified atom stereocenters. The van der Waals surface area contributed by atoms with E-state index in [4.69, 9.17) is 5.73 Å². The number of halogens is 5. The summed E-state index contributed by atoms with van der Waals surface area (Å²) in [5.74, 6) is -4.41. The Kier molecular flexibility index (Phi) is 9.48. The van der Waals surface area contributed by atoms with Crippen LogP contribution in [0.3, 0.4) is 0 Å². The molecule has 8 nitrogen and oxygen atoms in total. The summed E-state index contributed by atoms with van der Waals surface area (Å²) in [6.45, 7) is 1.94. The summed E-state index contributed by atoms with van der Waals surface area (Å²) in [4.78, 5) is 19.8. The topological polar surface area (TPSA) is 138 Å². The number of aromatic amines is 1. The van der Waals surface area contributed by atoms with Crippen molar-refractivity contribution >= 4 is 32.5 Å².